The Morgan fingerprint density at radius 2 is 2.16 bits per heavy atom. The molecule has 2 rings (SSSR count). The molecule has 1 fully saturated rings. The molecule has 0 saturated heterocycles. The average Bonchev–Trinajstić information content (AvgIpc) is 2.74. The lowest BCUT2D eigenvalue weighted by Gasteiger charge is -2.17. The Morgan fingerprint density at radius 1 is 1.42 bits per heavy atom. The van der Waals surface area contributed by atoms with Gasteiger partial charge in [-0.3, -0.25) is 10.1 Å². The van der Waals surface area contributed by atoms with Crippen molar-refractivity contribution in [3.63, 3.8) is 0 Å². The molecule has 1 aromatic carbocycles. The first-order valence-electron chi connectivity index (χ1n) is 6.30. The topological polar surface area (TPSA) is 55.2 Å². The minimum Gasteiger partial charge on any atom is -0.382 e. The summed E-state index contributed by atoms with van der Waals surface area (Å²) in [5, 5.41) is 13.7. The first-order valence-corrected chi connectivity index (χ1v) is 6.30. The molecule has 0 radical (unpaired) electrons. The van der Waals surface area contributed by atoms with E-state index in [1.165, 1.54) is 12.1 Å². The molecule has 1 aliphatic rings. The number of non-ortho nitro benzene ring substituents is 1. The molecule has 1 aromatic rings. The van der Waals surface area contributed by atoms with Crippen molar-refractivity contribution in [2.75, 3.05) is 5.32 Å². The number of nitro benzene ring substituents is 1. The van der Waals surface area contributed by atoms with Crippen LogP contribution in [0.2, 0.25) is 0 Å². The highest BCUT2D eigenvalue weighted by Crippen LogP contribution is 2.34. The summed E-state index contributed by atoms with van der Waals surface area (Å²) in [5.74, 6) is 0.588. The molecule has 0 aromatic heterocycles. The Balaban J connectivity index is 2.21. The van der Waals surface area contributed by atoms with E-state index in [0.717, 1.165) is 25.3 Å². The maximum Gasteiger partial charge on any atom is 0.270 e. The molecular formula is C13H16F2N2O2. The Labute approximate surface area is 110 Å². The van der Waals surface area contributed by atoms with E-state index in [-0.39, 0.29) is 17.3 Å². The van der Waals surface area contributed by atoms with E-state index in [2.05, 4.69) is 12.2 Å². The third-order valence-corrected chi connectivity index (χ3v) is 3.54. The average molecular weight is 270 g/mol. The van der Waals surface area contributed by atoms with Crippen LogP contribution in [0.25, 0.3) is 0 Å². The predicted molar refractivity (Wildman–Crippen MR) is 68.5 cm³/mol. The summed E-state index contributed by atoms with van der Waals surface area (Å²) in [5.41, 5.74) is -0.297. The normalized spacial score (nSPS) is 22.7. The first-order chi connectivity index (χ1) is 8.97. The van der Waals surface area contributed by atoms with Crippen LogP contribution in [0, 0.1) is 16.0 Å². The molecule has 0 heterocycles. The SMILES string of the molecule is CC1CCC(Nc2ccc([N+](=O)[O-])cc2C(F)F)C1. The predicted octanol–water partition coefficient (Wildman–Crippen LogP) is 4.13. The van der Waals surface area contributed by atoms with Crippen molar-refractivity contribution in [1.82, 2.24) is 0 Å². The molecule has 0 bridgehead atoms. The van der Waals surface area contributed by atoms with Crippen molar-refractivity contribution in [1.29, 1.82) is 0 Å². The van der Waals surface area contributed by atoms with Gasteiger partial charge in [-0.05, 0) is 31.2 Å². The lowest BCUT2D eigenvalue weighted by Crippen LogP contribution is -2.16. The van der Waals surface area contributed by atoms with Gasteiger partial charge in [-0.25, -0.2) is 8.78 Å². The third kappa shape index (κ3) is 3.19. The largest absolute Gasteiger partial charge is 0.382 e. The highest BCUT2D eigenvalue weighted by molar-refractivity contribution is 5.57. The van der Waals surface area contributed by atoms with Crippen LogP contribution in [0.15, 0.2) is 18.2 Å². The molecule has 1 aliphatic carbocycles. The molecule has 2 atom stereocenters. The molecule has 1 saturated carbocycles. The molecule has 0 spiro atoms. The van der Waals surface area contributed by atoms with E-state index in [4.69, 9.17) is 0 Å². The number of nitrogens with one attached hydrogen (secondary N) is 1. The van der Waals surface area contributed by atoms with E-state index in [1.807, 2.05) is 0 Å². The van der Waals surface area contributed by atoms with Crippen molar-refractivity contribution in [3.05, 3.63) is 33.9 Å². The monoisotopic (exact) mass is 270 g/mol. The number of nitrogens with zero attached hydrogens (tertiary/aromatic N) is 1. The lowest BCUT2D eigenvalue weighted by molar-refractivity contribution is -0.385. The molecule has 2 unspecified atom stereocenters. The summed E-state index contributed by atoms with van der Waals surface area (Å²) in [7, 11) is 0. The van der Waals surface area contributed by atoms with E-state index >= 15 is 0 Å². The number of rotatable bonds is 4. The highest BCUT2D eigenvalue weighted by Gasteiger charge is 2.24. The summed E-state index contributed by atoms with van der Waals surface area (Å²) >= 11 is 0. The van der Waals surface area contributed by atoms with Crippen molar-refractivity contribution in [3.8, 4) is 0 Å². The second kappa shape index (κ2) is 5.50. The number of benzene rings is 1. The molecule has 4 nitrogen and oxygen atoms in total. The van der Waals surface area contributed by atoms with Gasteiger partial charge in [0.1, 0.15) is 0 Å². The van der Waals surface area contributed by atoms with Gasteiger partial charge in [0.15, 0.2) is 0 Å². The number of nitro groups is 1. The summed E-state index contributed by atoms with van der Waals surface area (Å²) in [6, 6.07) is 3.76. The fourth-order valence-electron chi connectivity index (χ4n) is 2.53. The van der Waals surface area contributed by atoms with E-state index in [0.29, 0.717) is 11.6 Å². The van der Waals surface area contributed by atoms with Gasteiger partial charge in [-0.15, -0.1) is 0 Å². The molecule has 0 amide bonds. The number of hydrogen-bond acceptors (Lipinski definition) is 3. The van der Waals surface area contributed by atoms with Crippen LogP contribution in [0.3, 0.4) is 0 Å². The van der Waals surface area contributed by atoms with Crippen molar-refractivity contribution >= 4 is 11.4 Å². The second-order valence-corrected chi connectivity index (χ2v) is 5.09. The zero-order valence-corrected chi connectivity index (χ0v) is 10.6. The quantitative estimate of drug-likeness (QED) is 0.661. The standard InChI is InChI=1S/C13H16F2N2O2/c1-8-2-3-9(6-8)16-12-5-4-10(17(18)19)7-11(12)13(14)15/h4-5,7-9,13,16H,2-3,6H2,1H3. The number of halogens is 2. The zero-order chi connectivity index (χ0) is 14.0. The minimum absolute atomic E-state index is 0.175. The van der Waals surface area contributed by atoms with Gasteiger partial charge in [0, 0.05) is 29.4 Å². The molecule has 0 aliphatic heterocycles. The second-order valence-electron chi connectivity index (χ2n) is 5.09. The van der Waals surface area contributed by atoms with E-state index < -0.39 is 11.3 Å². The fraction of sp³-hybridized carbons (Fsp3) is 0.538. The summed E-state index contributed by atoms with van der Waals surface area (Å²) in [6.45, 7) is 2.13. The molecule has 19 heavy (non-hydrogen) atoms. The maximum atomic E-state index is 13.0. The molecule has 6 heteroatoms. The van der Waals surface area contributed by atoms with Gasteiger partial charge < -0.3 is 5.32 Å². The smallest absolute Gasteiger partial charge is 0.270 e. The van der Waals surface area contributed by atoms with Gasteiger partial charge in [0.2, 0.25) is 0 Å². The van der Waals surface area contributed by atoms with Gasteiger partial charge in [-0.1, -0.05) is 6.92 Å². The van der Waals surface area contributed by atoms with E-state index in [1.54, 1.807) is 0 Å². The Hall–Kier alpha value is -1.72. The van der Waals surface area contributed by atoms with Crippen LogP contribution < -0.4 is 5.32 Å². The van der Waals surface area contributed by atoms with Crippen molar-refractivity contribution < 1.29 is 13.7 Å². The fourth-order valence-corrected chi connectivity index (χ4v) is 2.53. The zero-order valence-electron chi connectivity index (χ0n) is 10.6. The first kappa shape index (κ1) is 13.7. The lowest BCUT2D eigenvalue weighted by atomic mass is 10.1. The van der Waals surface area contributed by atoms with Gasteiger partial charge in [0.25, 0.3) is 12.1 Å². The molecular weight excluding hydrogens is 254 g/mol. The number of anilines is 1. The van der Waals surface area contributed by atoms with E-state index in [9.17, 15) is 18.9 Å². The van der Waals surface area contributed by atoms with Crippen LogP contribution in [0.1, 0.15) is 38.2 Å². The highest BCUT2D eigenvalue weighted by atomic mass is 19.3. The third-order valence-electron chi connectivity index (χ3n) is 3.54. The number of hydrogen-bond donors (Lipinski definition) is 1. The Morgan fingerprint density at radius 3 is 2.68 bits per heavy atom. The van der Waals surface area contributed by atoms with Crippen LogP contribution in [-0.2, 0) is 0 Å². The van der Waals surface area contributed by atoms with Crippen LogP contribution in [0.4, 0.5) is 20.2 Å². The molecule has 1 N–H and O–H groups in total. The minimum atomic E-state index is -2.72. The van der Waals surface area contributed by atoms with Crippen LogP contribution >= 0.6 is 0 Å². The van der Waals surface area contributed by atoms with Gasteiger partial charge in [-0.2, -0.15) is 0 Å². The van der Waals surface area contributed by atoms with Crippen LogP contribution in [-0.4, -0.2) is 11.0 Å². The van der Waals surface area contributed by atoms with Crippen LogP contribution in [0.5, 0.6) is 0 Å². The Bertz CT molecular complexity index is 480. The Kier molecular flexibility index (Phi) is 3.97. The molecule has 104 valence electrons. The summed E-state index contributed by atoms with van der Waals surface area (Å²) in [6.07, 6.45) is 0.246. The van der Waals surface area contributed by atoms with Gasteiger partial charge in [0.05, 0.1) is 4.92 Å². The summed E-state index contributed by atoms with van der Waals surface area (Å²) < 4.78 is 25.9. The van der Waals surface area contributed by atoms with Gasteiger partial charge >= 0.3 is 0 Å². The number of alkyl halides is 2. The van der Waals surface area contributed by atoms with Crippen molar-refractivity contribution in [2.24, 2.45) is 5.92 Å². The summed E-state index contributed by atoms with van der Waals surface area (Å²) in [4.78, 5) is 9.96. The van der Waals surface area contributed by atoms with Crippen molar-refractivity contribution in [2.45, 2.75) is 38.7 Å². The maximum absolute atomic E-state index is 13.0.